The Morgan fingerprint density at radius 3 is 2.57 bits per heavy atom. The first-order valence-corrected chi connectivity index (χ1v) is 12.6. The number of hydrogen-bond acceptors (Lipinski definition) is 8. The molecule has 0 saturated carbocycles. The lowest BCUT2D eigenvalue weighted by Crippen LogP contribution is -2.47. The number of carbonyl (C=O) groups is 1. The zero-order valence-corrected chi connectivity index (χ0v) is 20.6. The summed E-state index contributed by atoms with van der Waals surface area (Å²) in [6.45, 7) is 5.30. The third-order valence-electron chi connectivity index (χ3n) is 6.16. The van der Waals surface area contributed by atoms with Crippen molar-refractivity contribution < 1.29 is 27.4 Å². The number of sulfonamides is 1. The summed E-state index contributed by atoms with van der Waals surface area (Å²) < 4.78 is 48.5. The predicted molar refractivity (Wildman–Crippen MR) is 123 cm³/mol. The number of piperazine rings is 1. The number of aromatic nitrogens is 2. The molecule has 1 saturated heterocycles. The highest BCUT2D eigenvalue weighted by atomic mass is 32.2. The number of halogens is 1. The fourth-order valence-corrected chi connectivity index (χ4v) is 5.65. The van der Waals surface area contributed by atoms with Crippen LogP contribution in [0.3, 0.4) is 0 Å². The Morgan fingerprint density at radius 1 is 1.20 bits per heavy atom. The molecular weight excluding hydrogens is 481 g/mol. The standard InChI is InChI=1S/C22H28FN5O6S/c1-22(2)21-25-17(18(29)20(31)28(21)8-9-34-22)19(30)24-13-14-10-15(23)12-16(11-14)35(32,33)27-6-4-26(3)5-7-27/h10-12,29H,4-9,13H2,1-3H3,(H,24,30). The predicted octanol–water partition coefficient (Wildman–Crippen LogP) is 0.219. The van der Waals surface area contributed by atoms with E-state index in [1.807, 2.05) is 11.9 Å². The average Bonchev–Trinajstić information content (AvgIpc) is 2.80. The van der Waals surface area contributed by atoms with E-state index in [1.54, 1.807) is 13.8 Å². The second-order valence-corrected chi connectivity index (χ2v) is 11.1. The summed E-state index contributed by atoms with van der Waals surface area (Å²) in [6, 6.07) is 3.34. The number of fused-ring (bicyclic) bond motifs is 1. The second-order valence-electron chi connectivity index (χ2n) is 9.13. The van der Waals surface area contributed by atoms with Gasteiger partial charge in [-0.15, -0.1) is 0 Å². The Labute approximate surface area is 202 Å². The molecule has 2 aromatic rings. The van der Waals surface area contributed by atoms with Crippen molar-refractivity contribution in [1.82, 2.24) is 24.1 Å². The lowest BCUT2D eigenvalue weighted by atomic mass is 10.1. The first-order valence-electron chi connectivity index (χ1n) is 11.1. The number of likely N-dealkylation sites (N-methyl/N-ethyl adjacent to an activating group) is 1. The number of nitrogens with zero attached hydrogens (tertiary/aromatic N) is 4. The molecule has 2 N–H and O–H groups in total. The molecule has 1 aromatic carbocycles. The van der Waals surface area contributed by atoms with Crippen LogP contribution in [-0.2, 0) is 33.5 Å². The number of benzene rings is 1. The van der Waals surface area contributed by atoms with Crippen LogP contribution < -0.4 is 10.9 Å². The van der Waals surface area contributed by atoms with Crippen molar-refractivity contribution >= 4 is 15.9 Å². The first kappa shape index (κ1) is 25.2. The normalized spacial score (nSPS) is 18.7. The van der Waals surface area contributed by atoms with E-state index in [2.05, 4.69) is 10.3 Å². The summed E-state index contributed by atoms with van der Waals surface area (Å²) in [5.41, 5.74) is -2.00. The second kappa shape index (κ2) is 9.30. The van der Waals surface area contributed by atoms with Gasteiger partial charge < -0.3 is 20.1 Å². The van der Waals surface area contributed by atoms with E-state index in [0.717, 1.165) is 12.1 Å². The van der Waals surface area contributed by atoms with E-state index in [4.69, 9.17) is 4.74 Å². The van der Waals surface area contributed by atoms with Crippen molar-refractivity contribution in [3.05, 3.63) is 51.5 Å². The molecule has 2 aliphatic heterocycles. The summed E-state index contributed by atoms with van der Waals surface area (Å²) in [6.07, 6.45) is 0. The van der Waals surface area contributed by atoms with E-state index < -0.39 is 44.4 Å². The fourth-order valence-electron chi connectivity index (χ4n) is 4.14. The van der Waals surface area contributed by atoms with Crippen LogP contribution in [0.5, 0.6) is 5.75 Å². The number of ether oxygens (including phenoxy) is 1. The van der Waals surface area contributed by atoms with Crippen LogP contribution in [0.1, 0.15) is 35.7 Å². The molecule has 0 atom stereocenters. The Morgan fingerprint density at radius 2 is 1.89 bits per heavy atom. The van der Waals surface area contributed by atoms with E-state index in [1.165, 1.54) is 14.9 Å². The van der Waals surface area contributed by atoms with E-state index >= 15 is 0 Å². The van der Waals surface area contributed by atoms with Gasteiger partial charge in [-0.25, -0.2) is 17.8 Å². The molecule has 0 unspecified atom stereocenters. The van der Waals surface area contributed by atoms with Gasteiger partial charge in [-0.2, -0.15) is 4.31 Å². The van der Waals surface area contributed by atoms with Crippen LogP contribution in [0.2, 0.25) is 0 Å². The molecular formula is C22H28FN5O6S. The molecule has 2 aliphatic rings. The molecule has 0 bridgehead atoms. The van der Waals surface area contributed by atoms with Gasteiger partial charge in [0.15, 0.2) is 5.69 Å². The number of hydrogen-bond donors (Lipinski definition) is 2. The molecule has 4 rings (SSSR count). The third kappa shape index (κ3) is 4.94. The zero-order chi connectivity index (χ0) is 25.5. The SMILES string of the molecule is CN1CCN(S(=O)(=O)c2cc(F)cc(CNC(=O)c3nc4n(c(=O)c3O)CCOC4(C)C)c2)CC1. The zero-order valence-electron chi connectivity index (χ0n) is 19.7. The maximum Gasteiger partial charge on any atom is 0.296 e. The molecule has 1 aromatic heterocycles. The molecule has 0 radical (unpaired) electrons. The minimum absolute atomic E-state index is 0.188. The van der Waals surface area contributed by atoms with Gasteiger partial charge in [0.1, 0.15) is 17.2 Å². The highest BCUT2D eigenvalue weighted by Crippen LogP contribution is 2.27. The molecule has 11 nitrogen and oxygen atoms in total. The number of aromatic hydroxyl groups is 1. The minimum Gasteiger partial charge on any atom is -0.501 e. The Kier molecular flexibility index (Phi) is 6.70. The lowest BCUT2D eigenvalue weighted by Gasteiger charge is -2.32. The van der Waals surface area contributed by atoms with Crippen LogP contribution in [-0.4, -0.2) is 78.0 Å². The Bertz CT molecular complexity index is 1320. The van der Waals surface area contributed by atoms with Crippen molar-refractivity contribution in [1.29, 1.82) is 0 Å². The van der Waals surface area contributed by atoms with Gasteiger partial charge in [0.2, 0.25) is 15.8 Å². The minimum atomic E-state index is -3.91. The summed E-state index contributed by atoms with van der Waals surface area (Å²) in [7, 11) is -2.02. The van der Waals surface area contributed by atoms with E-state index in [0.29, 0.717) is 26.2 Å². The van der Waals surface area contributed by atoms with Gasteiger partial charge in [-0.1, -0.05) is 0 Å². The summed E-state index contributed by atoms with van der Waals surface area (Å²) in [4.78, 5) is 31.3. The summed E-state index contributed by atoms with van der Waals surface area (Å²) >= 11 is 0. The lowest BCUT2D eigenvalue weighted by molar-refractivity contribution is -0.0566. The molecule has 0 spiro atoms. The van der Waals surface area contributed by atoms with E-state index in [-0.39, 0.29) is 36.0 Å². The first-order chi connectivity index (χ1) is 16.4. The number of amides is 1. The van der Waals surface area contributed by atoms with Crippen molar-refractivity contribution in [3.63, 3.8) is 0 Å². The van der Waals surface area contributed by atoms with Crippen molar-refractivity contribution in [2.75, 3.05) is 39.8 Å². The maximum absolute atomic E-state index is 14.3. The van der Waals surface area contributed by atoms with Crippen molar-refractivity contribution in [3.8, 4) is 5.75 Å². The Hall–Kier alpha value is -2.87. The molecule has 1 fully saturated rings. The van der Waals surface area contributed by atoms with Crippen molar-refractivity contribution in [2.24, 2.45) is 0 Å². The monoisotopic (exact) mass is 509 g/mol. The molecule has 190 valence electrons. The van der Waals surface area contributed by atoms with Gasteiger partial charge in [-0.3, -0.25) is 14.2 Å². The van der Waals surface area contributed by atoms with Crippen LogP contribution in [0, 0.1) is 5.82 Å². The molecule has 35 heavy (non-hydrogen) atoms. The molecule has 0 aliphatic carbocycles. The van der Waals surface area contributed by atoms with Crippen LogP contribution in [0.4, 0.5) is 4.39 Å². The smallest absolute Gasteiger partial charge is 0.296 e. The number of nitrogens with one attached hydrogen (secondary N) is 1. The third-order valence-corrected chi connectivity index (χ3v) is 8.04. The molecule has 13 heteroatoms. The topological polar surface area (TPSA) is 134 Å². The van der Waals surface area contributed by atoms with E-state index in [9.17, 15) is 27.5 Å². The Balaban J connectivity index is 1.56. The van der Waals surface area contributed by atoms with Gasteiger partial charge in [-0.05, 0) is 44.7 Å². The van der Waals surface area contributed by atoms with Gasteiger partial charge in [0.05, 0.1) is 18.0 Å². The maximum atomic E-state index is 14.3. The molecule has 3 heterocycles. The summed E-state index contributed by atoms with van der Waals surface area (Å²) in [5.74, 6) is -2.24. The van der Waals surface area contributed by atoms with Crippen molar-refractivity contribution in [2.45, 2.75) is 37.4 Å². The highest BCUT2D eigenvalue weighted by molar-refractivity contribution is 7.89. The quantitative estimate of drug-likeness (QED) is 0.585. The molecule has 1 amide bonds. The van der Waals surface area contributed by atoms with Gasteiger partial charge in [0, 0.05) is 32.7 Å². The van der Waals surface area contributed by atoms with Gasteiger partial charge in [0.25, 0.3) is 11.5 Å². The summed E-state index contributed by atoms with van der Waals surface area (Å²) in [5, 5.41) is 12.8. The van der Waals surface area contributed by atoms with Crippen LogP contribution in [0.15, 0.2) is 27.9 Å². The van der Waals surface area contributed by atoms with Crippen LogP contribution >= 0.6 is 0 Å². The van der Waals surface area contributed by atoms with Gasteiger partial charge >= 0.3 is 0 Å². The fraction of sp³-hybridized carbons (Fsp3) is 0.500. The number of carbonyl (C=O) groups excluding carboxylic acids is 1. The number of rotatable bonds is 5. The van der Waals surface area contributed by atoms with Crippen LogP contribution in [0.25, 0.3) is 0 Å². The largest absolute Gasteiger partial charge is 0.501 e. The highest BCUT2D eigenvalue weighted by Gasteiger charge is 2.34. The average molecular weight is 510 g/mol.